The zero-order chi connectivity index (χ0) is 8.59. The SMILES string of the molecule is Clc1cc(Cl)c(I)c(Br)c1Cl. The van der Waals surface area contributed by atoms with E-state index in [1.807, 2.05) is 0 Å². The fourth-order valence-corrected chi connectivity index (χ4v) is 2.40. The smallest absolute Gasteiger partial charge is 0.0746 e. The summed E-state index contributed by atoms with van der Waals surface area (Å²) in [4.78, 5) is 0. The Morgan fingerprint density at radius 1 is 1.18 bits per heavy atom. The van der Waals surface area contributed by atoms with Gasteiger partial charge in [-0.25, -0.2) is 0 Å². The van der Waals surface area contributed by atoms with Crippen LogP contribution in [-0.4, -0.2) is 0 Å². The van der Waals surface area contributed by atoms with Crippen LogP contribution in [0.15, 0.2) is 10.5 Å². The summed E-state index contributed by atoms with van der Waals surface area (Å²) < 4.78 is 1.62. The van der Waals surface area contributed by atoms with Crippen LogP contribution >= 0.6 is 73.3 Å². The Kier molecular flexibility index (Phi) is 3.78. The molecule has 11 heavy (non-hydrogen) atoms. The van der Waals surface area contributed by atoms with E-state index >= 15 is 0 Å². The third kappa shape index (κ3) is 2.15. The van der Waals surface area contributed by atoms with Gasteiger partial charge in [-0.1, -0.05) is 34.8 Å². The normalized spacial score (nSPS) is 10.3. The molecule has 1 aromatic rings. The summed E-state index contributed by atoms with van der Waals surface area (Å²) in [5.74, 6) is 0. The van der Waals surface area contributed by atoms with Crippen molar-refractivity contribution in [2.24, 2.45) is 0 Å². The Morgan fingerprint density at radius 2 is 1.73 bits per heavy atom. The van der Waals surface area contributed by atoms with Gasteiger partial charge >= 0.3 is 0 Å². The van der Waals surface area contributed by atoms with Gasteiger partial charge in [0.1, 0.15) is 0 Å². The van der Waals surface area contributed by atoms with Gasteiger partial charge in [-0.2, -0.15) is 0 Å². The maximum absolute atomic E-state index is 5.81. The van der Waals surface area contributed by atoms with Crippen molar-refractivity contribution < 1.29 is 0 Å². The van der Waals surface area contributed by atoms with E-state index in [2.05, 4.69) is 38.5 Å². The molecule has 0 spiro atoms. The molecule has 0 N–H and O–H groups in total. The van der Waals surface area contributed by atoms with Crippen molar-refractivity contribution >= 4 is 73.3 Å². The molecule has 1 aromatic carbocycles. The fourth-order valence-electron chi connectivity index (χ4n) is 0.544. The van der Waals surface area contributed by atoms with Crippen LogP contribution in [0.5, 0.6) is 0 Å². The highest BCUT2D eigenvalue weighted by Crippen LogP contribution is 2.37. The molecule has 0 bridgehead atoms. The third-order valence-corrected chi connectivity index (χ3v) is 5.35. The van der Waals surface area contributed by atoms with Crippen molar-refractivity contribution in [2.75, 3.05) is 0 Å². The van der Waals surface area contributed by atoms with Gasteiger partial charge in [0.2, 0.25) is 0 Å². The summed E-state index contributed by atoms with van der Waals surface area (Å²) in [5, 5.41) is 1.57. The highest BCUT2D eigenvalue weighted by molar-refractivity contribution is 14.1. The summed E-state index contributed by atoms with van der Waals surface area (Å²) in [7, 11) is 0. The van der Waals surface area contributed by atoms with Gasteiger partial charge in [0.05, 0.1) is 19.5 Å². The number of halogens is 5. The summed E-state index contributed by atoms with van der Waals surface area (Å²) in [6.45, 7) is 0. The number of hydrogen-bond donors (Lipinski definition) is 0. The number of hydrogen-bond acceptors (Lipinski definition) is 0. The van der Waals surface area contributed by atoms with Crippen molar-refractivity contribution in [2.45, 2.75) is 0 Å². The Balaban J connectivity index is 3.46. The Bertz CT molecular complexity index is 274. The molecule has 0 aromatic heterocycles. The van der Waals surface area contributed by atoms with Crippen LogP contribution in [0.25, 0.3) is 0 Å². The van der Waals surface area contributed by atoms with E-state index in [0.717, 1.165) is 8.04 Å². The first-order valence-corrected chi connectivity index (χ1v) is 5.53. The number of benzene rings is 1. The maximum atomic E-state index is 5.81. The van der Waals surface area contributed by atoms with Crippen LogP contribution in [0.2, 0.25) is 15.1 Å². The average molecular weight is 386 g/mol. The van der Waals surface area contributed by atoms with Crippen LogP contribution in [0.4, 0.5) is 0 Å². The van der Waals surface area contributed by atoms with Crippen LogP contribution in [-0.2, 0) is 0 Å². The van der Waals surface area contributed by atoms with Crippen molar-refractivity contribution in [3.63, 3.8) is 0 Å². The molecule has 0 aliphatic carbocycles. The minimum atomic E-state index is 0.462. The molecule has 5 heteroatoms. The Hall–Kier alpha value is 1.30. The molecular formula is C6HBrCl3I. The summed E-state index contributed by atoms with van der Waals surface area (Å²) in [6.07, 6.45) is 0. The molecule has 0 radical (unpaired) electrons. The highest BCUT2D eigenvalue weighted by Gasteiger charge is 2.09. The second-order valence-electron chi connectivity index (χ2n) is 1.78. The zero-order valence-electron chi connectivity index (χ0n) is 4.97. The van der Waals surface area contributed by atoms with E-state index in [-0.39, 0.29) is 0 Å². The topological polar surface area (TPSA) is 0 Å². The summed E-state index contributed by atoms with van der Waals surface area (Å²) >= 11 is 22.7. The molecule has 0 nitrogen and oxygen atoms in total. The molecule has 0 aliphatic heterocycles. The summed E-state index contributed by atoms with van der Waals surface area (Å²) in [5.41, 5.74) is 0. The van der Waals surface area contributed by atoms with Gasteiger partial charge in [-0.3, -0.25) is 0 Å². The van der Waals surface area contributed by atoms with E-state index in [9.17, 15) is 0 Å². The first-order valence-electron chi connectivity index (χ1n) is 2.52. The minimum absolute atomic E-state index is 0.462. The Labute approximate surface area is 101 Å². The molecule has 0 unspecified atom stereocenters. The van der Waals surface area contributed by atoms with E-state index < -0.39 is 0 Å². The molecule has 0 atom stereocenters. The molecule has 0 saturated carbocycles. The molecule has 0 saturated heterocycles. The second-order valence-corrected chi connectivity index (χ2v) is 4.85. The van der Waals surface area contributed by atoms with Gasteiger partial charge in [-0.05, 0) is 44.6 Å². The third-order valence-electron chi connectivity index (χ3n) is 1.06. The molecule has 0 heterocycles. The lowest BCUT2D eigenvalue weighted by Gasteiger charge is -2.03. The number of rotatable bonds is 0. The molecular weight excluding hydrogens is 385 g/mol. The zero-order valence-corrected chi connectivity index (χ0v) is 11.0. The van der Waals surface area contributed by atoms with Gasteiger partial charge in [0.15, 0.2) is 0 Å². The lowest BCUT2D eigenvalue weighted by Crippen LogP contribution is -1.80. The minimum Gasteiger partial charge on any atom is -0.0831 e. The standard InChI is InChI=1S/C6HBrCl3I/c7-4-5(10)2(8)1-3(9)6(4)11/h1H. The molecule has 0 amide bonds. The van der Waals surface area contributed by atoms with Crippen molar-refractivity contribution in [3.8, 4) is 0 Å². The summed E-state index contributed by atoms with van der Waals surface area (Å²) in [6, 6.07) is 1.62. The molecule has 60 valence electrons. The van der Waals surface area contributed by atoms with E-state index in [4.69, 9.17) is 34.8 Å². The average Bonchev–Trinajstić information content (AvgIpc) is 1.97. The van der Waals surface area contributed by atoms with Gasteiger partial charge in [0.25, 0.3) is 0 Å². The van der Waals surface area contributed by atoms with E-state index in [1.165, 1.54) is 0 Å². The van der Waals surface area contributed by atoms with Gasteiger partial charge < -0.3 is 0 Å². The predicted octanol–water partition coefficient (Wildman–Crippen LogP) is 5.01. The fraction of sp³-hybridized carbons (Fsp3) is 0. The Morgan fingerprint density at radius 3 is 2.27 bits per heavy atom. The van der Waals surface area contributed by atoms with Crippen LogP contribution < -0.4 is 0 Å². The van der Waals surface area contributed by atoms with E-state index in [1.54, 1.807) is 6.07 Å². The predicted molar refractivity (Wildman–Crippen MR) is 61.9 cm³/mol. The van der Waals surface area contributed by atoms with Crippen LogP contribution in [0.1, 0.15) is 0 Å². The molecule has 0 fully saturated rings. The lowest BCUT2D eigenvalue weighted by molar-refractivity contribution is 1.58. The molecule has 1 rings (SSSR count). The van der Waals surface area contributed by atoms with Gasteiger partial charge in [-0.15, -0.1) is 0 Å². The highest BCUT2D eigenvalue weighted by atomic mass is 127. The largest absolute Gasteiger partial charge is 0.0831 e. The first-order chi connectivity index (χ1) is 5.04. The monoisotopic (exact) mass is 384 g/mol. The maximum Gasteiger partial charge on any atom is 0.0746 e. The lowest BCUT2D eigenvalue weighted by atomic mass is 10.4. The van der Waals surface area contributed by atoms with Crippen LogP contribution in [0, 0.1) is 3.57 Å². The van der Waals surface area contributed by atoms with Crippen molar-refractivity contribution in [1.82, 2.24) is 0 Å². The van der Waals surface area contributed by atoms with Crippen molar-refractivity contribution in [1.29, 1.82) is 0 Å². The van der Waals surface area contributed by atoms with E-state index in [0.29, 0.717) is 15.1 Å². The second kappa shape index (κ2) is 4.01. The van der Waals surface area contributed by atoms with Crippen LogP contribution in [0.3, 0.4) is 0 Å². The van der Waals surface area contributed by atoms with Gasteiger partial charge in [0, 0.05) is 3.57 Å². The molecule has 0 aliphatic rings. The first kappa shape index (κ1) is 10.4. The quantitative estimate of drug-likeness (QED) is 0.334. The van der Waals surface area contributed by atoms with Crippen molar-refractivity contribution in [3.05, 3.63) is 29.2 Å².